The first kappa shape index (κ1) is 14.5. The van der Waals surface area contributed by atoms with Gasteiger partial charge in [-0.2, -0.15) is 0 Å². The molecular weight excluding hydrogens is 274 g/mol. The highest BCUT2D eigenvalue weighted by Crippen LogP contribution is 2.22. The summed E-state index contributed by atoms with van der Waals surface area (Å²) in [5.74, 6) is 0. The zero-order chi connectivity index (χ0) is 14.8. The Balaban J connectivity index is 2.28. The van der Waals surface area contributed by atoms with Crippen LogP contribution in [0.1, 0.15) is 24.1 Å². The van der Waals surface area contributed by atoms with Crippen LogP contribution in [0, 0.1) is 6.92 Å². The predicted octanol–water partition coefficient (Wildman–Crippen LogP) is 2.01. The van der Waals surface area contributed by atoms with E-state index in [1.165, 1.54) is 6.07 Å². The zero-order valence-corrected chi connectivity index (χ0v) is 12.2. The number of hydrogen-bond acceptors (Lipinski definition) is 4. The van der Waals surface area contributed by atoms with Crippen LogP contribution in [-0.2, 0) is 10.0 Å². The van der Waals surface area contributed by atoms with Crippen LogP contribution in [0.15, 0.2) is 47.6 Å². The average molecular weight is 291 g/mol. The maximum atomic E-state index is 12.3. The normalized spacial score (nSPS) is 13.1. The molecule has 0 aliphatic carbocycles. The maximum absolute atomic E-state index is 12.3. The lowest BCUT2D eigenvalue weighted by Crippen LogP contribution is -2.27. The number of aromatic nitrogens is 1. The minimum absolute atomic E-state index is 0.0961. The second-order valence-corrected chi connectivity index (χ2v) is 6.35. The molecule has 0 fully saturated rings. The van der Waals surface area contributed by atoms with E-state index >= 15 is 0 Å². The summed E-state index contributed by atoms with van der Waals surface area (Å²) >= 11 is 0. The molecule has 0 amide bonds. The van der Waals surface area contributed by atoms with Crippen molar-refractivity contribution in [1.29, 1.82) is 0 Å². The summed E-state index contributed by atoms with van der Waals surface area (Å²) < 4.78 is 27.3. The predicted molar refractivity (Wildman–Crippen MR) is 78.6 cm³/mol. The molecule has 1 aromatic heterocycles. The first-order chi connectivity index (χ1) is 9.40. The van der Waals surface area contributed by atoms with Crippen molar-refractivity contribution in [3.63, 3.8) is 0 Å². The van der Waals surface area contributed by atoms with E-state index in [0.29, 0.717) is 0 Å². The van der Waals surface area contributed by atoms with Crippen LogP contribution in [-0.4, -0.2) is 13.4 Å². The van der Waals surface area contributed by atoms with E-state index in [1.807, 2.05) is 13.0 Å². The van der Waals surface area contributed by atoms with E-state index in [-0.39, 0.29) is 16.6 Å². The van der Waals surface area contributed by atoms with Crippen molar-refractivity contribution in [2.45, 2.75) is 24.8 Å². The maximum Gasteiger partial charge on any atom is 0.243 e. The number of nitrogen functional groups attached to an aromatic ring is 1. The number of sulfonamides is 1. The van der Waals surface area contributed by atoms with Crippen LogP contribution < -0.4 is 10.5 Å². The molecule has 2 rings (SSSR count). The standard InChI is InChI=1S/C14H17N3O2S/c1-10-5-6-14(13(15)8-10)20(18,19)17-11(2)12-4-3-7-16-9-12/h3-9,11,17H,15H2,1-2H3. The molecule has 1 aromatic carbocycles. The third-order valence-electron chi connectivity index (χ3n) is 2.97. The Kier molecular flexibility index (Phi) is 4.06. The Bertz CT molecular complexity index is 700. The molecule has 0 aliphatic heterocycles. The first-order valence-corrected chi connectivity index (χ1v) is 7.67. The topological polar surface area (TPSA) is 85.1 Å². The van der Waals surface area contributed by atoms with E-state index < -0.39 is 10.0 Å². The van der Waals surface area contributed by atoms with Gasteiger partial charge in [0.2, 0.25) is 10.0 Å². The largest absolute Gasteiger partial charge is 0.398 e. The van der Waals surface area contributed by atoms with Gasteiger partial charge in [0, 0.05) is 18.4 Å². The van der Waals surface area contributed by atoms with Gasteiger partial charge < -0.3 is 5.73 Å². The highest BCUT2D eigenvalue weighted by Gasteiger charge is 2.20. The molecule has 0 aliphatic rings. The van der Waals surface area contributed by atoms with Gasteiger partial charge in [-0.15, -0.1) is 0 Å². The lowest BCUT2D eigenvalue weighted by molar-refractivity contribution is 0.567. The molecule has 1 atom stereocenters. The summed E-state index contributed by atoms with van der Waals surface area (Å²) in [6.07, 6.45) is 3.27. The monoisotopic (exact) mass is 291 g/mol. The lowest BCUT2D eigenvalue weighted by Gasteiger charge is -2.15. The second-order valence-electron chi connectivity index (χ2n) is 4.67. The van der Waals surface area contributed by atoms with E-state index in [2.05, 4.69) is 9.71 Å². The quantitative estimate of drug-likeness (QED) is 0.844. The summed E-state index contributed by atoms with van der Waals surface area (Å²) in [6.45, 7) is 3.62. The third-order valence-corrected chi connectivity index (χ3v) is 4.59. The van der Waals surface area contributed by atoms with Crippen molar-refractivity contribution in [2.75, 3.05) is 5.73 Å². The number of anilines is 1. The van der Waals surface area contributed by atoms with Crippen molar-refractivity contribution in [2.24, 2.45) is 0 Å². The molecule has 5 nitrogen and oxygen atoms in total. The van der Waals surface area contributed by atoms with Crippen molar-refractivity contribution >= 4 is 15.7 Å². The van der Waals surface area contributed by atoms with Gasteiger partial charge in [-0.25, -0.2) is 13.1 Å². The third kappa shape index (κ3) is 3.15. The molecule has 106 valence electrons. The lowest BCUT2D eigenvalue weighted by atomic mass is 10.2. The van der Waals surface area contributed by atoms with Crippen LogP contribution in [0.3, 0.4) is 0 Å². The van der Waals surface area contributed by atoms with E-state index in [0.717, 1.165) is 11.1 Å². The number of rotatable bonds is 4. The highest BCUT2D eigenvalue weighted by molar-refractivity contribution is 7.89. The smallest absolute Gasteiger partial charge is 0.243 e. The summed E-state index contributed by atoms with van der Waals surface area (Å²) in [7, 11) is -3.66. The second kappa shape index (κ2) is 5.60. The number of nitrogens with zero attached hydrogens (tertiary/aromatic N) is 1. The van der Waals surface area contributed by atoms with Gasteiger partial charge in [0.15, 0.2) is 0 Å². The van der Waals surface area contributed by atoms with Crippen LogP contribution in [0.2, 0.25) is 0 Å². The van der Waals surface area contributed by atoms with Crippen LogP contribution in [0.4, 0.5) is 5.69 Å². The summed E-state index contributed by atoms with van der Waals surface area (Å²) in [5.41, 5.74) is 7.75. The first-order valence-electron chi connectivity index (χ1n) is 6.18. The van der Waals surface area contributed by atoms with Crippen molar-refractivity contribution < 1.29 is 8.42 Å². The minimum atomic E-state index is -3.66. The Labute approximate surface area is 118 Å². The molecule has 20 heavy (non-hydrogen) atoms. The molecule has 1 heterocycles. The summed E-state index contributed by atoms with van der Waals surface area (Å²) in [5, 5.41) is 0. The molecule has 3 N–H and O–H groups in total. The average Bonchev–Trinajstić information content (AvgIpc) is 2.38. The van der Waals surface area contributed by atoms with Gasteiger partial charge in [-0.1, -0.05) is 12.1 Å². The molecule has 0 bridgehead atoms. The fourth-order valence-corrected chi connectivity index (χ4v) is 3.25. The fraction of sp³-hybridized carbons (Fsp3) is 0.214. The number of hydrogen-bond donors (Lipinski definition) is 2. The number of nitrogens with one attached hydrogen (secondary N) is 1. The highest BCUT2D eigenvalue weighted by atomic mass is 32.2. The van der Waals surface area contributed by atoms with E-state index in [9.17, 15) is 8.42 Å². The Hall–Kier alpha value is -1.92. The van der Waals surface area contributed by atoms with Gasteiger partial charge in [0.25, 0.3) is 0 Å². The summed E-state index contributed by atoms with van der Waals surface area (Å²) in [6, 6.07) is 8.08. The molecule has 0 saturated carbocycles. The fourth-order valence-electron chi connectivity index (χ4n) is 1.91. The van der Waals surface area contributed by atoms with E-state index in [4.69, 9.17) is 5.73 Å². The van der Waals surface area contributed by atoms with E-state index in [1.54, 1.807) is 37.5 Å². The van der Waals surface area contributed by atoms with Crippen LogP contribution in [0.5, 0.6) is 0 Å². The number of pyridine rings is 1. The Morgan fingerprint density at radius 3 is 2.65 bits per heavy atom. The van der Waals surface area contributed by atoms with Crippen molar-refractivity contribution in [3.8, 4) is 0 Å². The Morgan fingerprint density at radius 2 is 2.05 bits per heavy atom. The molecule has 0 saturated heterocycles. The SMILES string of the molecule is Cc1ccc(S(=O)(=O)NC(C)c2cccnc2)c(N)c1. The molecule has 0 radical (unpaired) electrons. The molecule has 6 heteroatoms. The molecule has 0 spiro atoms. The number of benzene rings is 1. The van der Waals surface area contributed by atoms with Crippen molar-refractivity contribution in [3.05, 3.63) is 53.9 Å². The van der Waals surface area contributed by atoms with Crippen molar-refractivity contribution in [1.82, 2.24) is 9.71 Å². The number of aryl methyl sites for hydroxylation is 1. The minimum Gasteiger partial charge on any atom is -0.398 e. The molecular formula is C14H17N3O2S. The van der Waals surface area contributed by atoms with Gasteiger partial charge in [0.1, 0.15) is 4.90 Å². The Morgan fingerprint density at radius 1 is 1.30 bits per heavy atom. The summed E-state index contributed by atoms with van der Waals surface area (Å²) in [4.78, 5) is 4.07. The van der Waals surface area contributed by atoms with Gasteiger partial charge >= 0.3 is 0 Å². The van der Waals surface area contributed by atoms with Gasteiger partial charge in [-0.05, 0) is 43.2 Å². The van der Waals surface area contributed by atoms with Crippen LogP contribution in [0.25, 0.3) is 0 Å². The van der Waals surface area contributed by atoms with Gasteiger partial charge in [-0.3, -0.25) is 4.98 Å². The van der Waals surface area contributed by atoms with Crippen LogP contribution >= 0.6 is 0 Å². The van der Waals surface area contributed by atoms with Gasteiger partial charge in [0.05, 0.1) is 5.69 Å². The molecule has 1 unspecified atom stereocenters. The number of nitrogens with two attached hydrogens (primary N) is 1. The zero-order valence-electron chi connectivity index (χ0n) is 11.4. The molecule has 2 aromatic rings.